The molecule has 20 heavy (non-hydrogen) atoms. The minimum absolute atomic E-state index is 0.146. The largest absolute Gasteiger partial charge is 0.391 e. The minimum Gasteiger partial charge on any atom is -0.391 e. The van der Waals surface area contributed by atoms with Crippen molar-refractivity contribution in [2.45, 2.75) is 37.6 Å². The molecule has 5 nitrogen and oxygen atoms in total. The summed E-state index contributed by atoms with van der Waals surface area (Å²) >= 11 is 2.56. The van der Waals surface area contributed by atoms with E-state index in [1.54, 1.807) is 26.1 Å². The Labute approximate surface area is 126 Å². The fraction of sp³-hybridized carbons (Fsp3) is 0.417. The second kappa shape index (κ2) is 5.90. The van der Waals surface area contributed by atoms with Gasteiger partial charge in [-0.25, -0.2) is 18.1 Å². The van der Waals surface area contributed by atoms with Gasteiger partial charge < -0.3 is 5.11 Å². The highest BCUT2D eigenvalue weighted by Crippen LogP contribution is 2.28. The minimum atomic E-state index is -3.59. The van der Waals surface area contributed by atoms with Crippen LogP contribution in [0.4, 0.5) is 0 Å². The number of rotatable bonds is 5. The molecular weight excluding hydrogens is 316 g/mol. The number of sulfonamides is 1. The lowest BCUT2D eigenvalue weighted by atomic mass is 10.3. The van der Waals surface area contributed by atoms with E-state index in [2.05, 4.69) is 9.71 Å². The summed E-state index contributed by atoms with van der Waals surface area (Å²) in [5.74, 6) is 0. The maximum absolute atomic E-state index is 12.3. The number of thiazole rings is 1. The molecule has 2 N–H and O–H groups in total. The molecule has 0 bridgehead atoms. The number of nitrogens with one attached hydrogen (secondary N) is 1. The van der Waals surface area contributed by atoms with Crippen LogP contribution in [0.1, 0.15) is 33.3 Å². The van der Waals surface area contributed by atoms with Crippen molar-refractivity contribution in [3.8, 4) is 0 Å². The second-order valence-electron chi connectivity index (χ2n) is 4.48. The number of aliphatic hydroxyl groups is 1. The van der Waals surface area contributed by atoms with Crippen LogP contribution < -0.4 is 4.72 Å². The maximum atomic E-state index is 12.3. The maximum Gasteiger partial charge on any atom is 0.250 e. The lowest BCUT2D eigenvalue weighted by Gasteiger charge is -2.10. The van der Waals surface area contributed by atoms with E-state index >= 15 is 0 Å². The first-order chi connectivity index (χ1) is 9.33. The van der Waals surface area contributed by atoms with E-state index in [1.807, 2.05) is 6.92 Å². The summed E-state index contributed by atoms with van der Waals surface area (Å²) in [7, 11) is -3.59. The van der Waals surface area contributed by atoms with Crippen molar-refractivity contribution in [3.05, 3.63) is 32.6 Å². The molecule has 0 aromatic carbocycles. The number of aliphatic hydroxyl groups excluding tert-OH is 1. The Hall–Kier alpha value is -0.800. The fourth-order valence-electron chi connectivity index (χ4n) is 1.69. The number of aryl methyl sites for hydroxylation is 2. The van der Waals surface area contributed by atoms with Crippen LogP contribution in [-0.4, -0.2) is 18.5 Å². The van der Waals surface area contributed by atoms with Gasteiger partial charge in [-0.3, -0.25) is 0 Å². The molecule has 0 aliphatic heterocycles. The van der Waals surface area contributed by atoms with Crippen LogP contribution in [0, 0.1) is 13.8 Å². The van der Waals surface area contributed by atoms with Crippen LogP contribution in [0.2, 0.25) is 0 Å². The average molecular weight is 332 g/mol. The molecule has 0 fully saturated rings. The van der Waals surface area contributed by atoms with Crippen molar-refractivity contribution < 1.29 is 13.5 Å². The molecule has 0 spiro atoms. The monoisotopic (exact) mass is 332 g/mol. The summed E-state index contributed by atoms with van der Waals surface area (Å²) in [6.45, 7) is 5.34. The highest BCUT2D eigenvalue weighted by Gasteiger charge is 2.22. The van der Waals surface area contributed by atoms with Gasteiger partial charge in [-0.05, 0) is 32.4 Å². The number of hydrogen-bond acceptors (Lipinski definition) is 6. The third-order valence-corrected chi connectivity index (χ3v) is 7.08. The average Bonchev–Trinajstić information content (AvgIpc) is 2.95. The Morgan fingerprint density at radius 1 is 1.40 bits per heavy atom. The van der Waals surface area contributed by atoms with Crippen LogP contribution in [0.15, 0.2) is 16.5 Å². The first kappa shape index (κ1) is 15.6. The van der Waals surface area contributed by atoms with E-state index in [9.17, 15) is 8.42 Å². The number of hydrogen-bond donors (Lipinski definition) is 2. The second-order valence-corrected chi connectivity index (χ2v) is 8.83. The molecule has 0 saturated carbocycles. The normalized spacial score (nSPS) is 13.6. The van der Waals surface area contributed by atoms with Crippen molar-refractivity contribution in [1.29, 1.82) is 0 Å². The Kier molecular flexibility index (Phi) is 4.60. The van der Waals surface area contributed by atoms with Gasteiger partial charge in [0.1, 0.15) is 9.22 Å². The summed E-state index contributed by atoms with van der Waals surface area (Å²) in [6.07, 6.45) is 1.73. The summed E-state index contributed by atoms with van der Waals surface area (Å²) in [6, 6.07) is 1.21. The van der Waals surface area contributed by atoms with Gasteiger partial charge in [0.25, 0.3) is 10.0 Å². The summed E-state index contributed by atoms with van der Waals surface area (Å²) < 4.78 is 27.4. The standard InChI is InChI=1S/C12H16N2O3S3/c1-7-4-11(19-10(7)6-15)20(16,17)14-9(3)12-13-5-8(2)18-12/h4-5,9,14-15H,6H2,1-3H3. The zero-order valence-electron chi connectivity index (χ0n) is 11.4. The Bertz CT molecular complexity index is 703. The van der Waals surface area contributed by atoms with E-state index in [4.69, 9.17) is 5.11 Å². The molecule has 2 rings (SSSR count). The van der Waals surface area contributed by atoms with Gasteiger partial charge in [0.2, 0.25) is 0 Å². The van der Waals surface area contributed by atoms with Crippen LogP contribution in [0.3, 0.4) is 0 Å². The summed E-state index contributed by atoms with van der Waals surface area (Å²) in [4.78, 5) is 5.90. The molecule has 1 unspecified atom stereocenters. The number of nitrogens with zero attached hydrogens (tertiary/aromatic N) is 1. The van der Waals surface area contributed by atoms with Crippen molar-refractivity contribution in [2.75, 3.05) is 0 Å². The third-order valence-electron chi connectivity index (χ3n) is 2.75. The van der Waals surface area contributed by atoms with E-state index < -0.39 is 10.0 Å². The Morgan fingerprint density at radius 2 is 2.10 bits per heavy atom. The third kappa shape index (κ3) is 3.26. The van der Waals surface area contributed by atoms with Gasteiger partial charge in [0.05, 0.1) is 12.6 Å². The van der Waals surface area contributed by atoms with Crippen molar-refractivity contribution in [2.24, 2.45) is 0 Å². The van der Waals surface area contributed by atoms with Crippen molar-refractivity contribution in [3.63, 3.8) is 0 Å². The zero-order valence-corrected chi connectivity index (χ0v) is 13.8. The molecule has 2 heterocycles. The van der Waals surface area contributed by atoms with Crippen molar-refractivity contribution in [1.82, 2.24) is 9.71 Å². The molecule has 0 radical (unpaired) electrons. The molecule has 8 heteroatoms. The SMILES string of the molecule is Cc1cnc(C(C)NS(=O)(=O)c2cc(C)c(CO)s2)s1. The first-order valence-electron chi connectivity index (χ1n) is 5.98. The Balaban J connectivity index is 2.22. The van der Waals surface area contributed by atoms with E-state index in [0.29, 0.717) is 4.88 Å². The molecule has 0 aliphatic rings. The first-order valence-corrected chi connectivity index (χ1v) is 9.10. The molecule has 0 saturated heterocycles. The quantitative estimate of drug-likeness (QED) is 0.881. The molecule has 110 valence electrons. The predicted octanol–water partition coefficient (Wildman–Crippen LogP) is 2.35. The lowest BCUT2D eigenvalue weighted by Crippen LogP contribution is -2.26. The number of thiophene rings is 1. The van der Waals surface area contributed by atoms with Gasteiger partial charge in [0, 0.05) is 16.0 Å². The van der Waals surface area contributed by atoms with Crippen LogP contribution in [0.25, 0.3) is 0 Å². The summed E-state index contributed by atoms with van der Waals surface area (Å²) in [5.41, 5.74) is 0.788. The highest BCUT2D eigenvalue weighted by atomic mass is 32.2. The van der Waals surface area contributed by atoms with Crippen LogP contribution in [0.5, 0.6) is 0 Å². The van der Waals surface area contributed by atoms with Crippen LogP contribution >= 0.6 is 22.7 Å². The molecular formula is C12H16N2O3S3. The summed E-state index contributed by atoms with van der Waals surface area (Å²) in [5, 5.41) is 9.88. The predicted molar refractivity (Wildman–Crippen MR) is 80.6 cm³/mol. The van der Waals surface area contributed by atoms with Gasteiger partial charge in [0.15, 0.2) is 0 Å². The van der Waals surface area contributed by atoms with Gasteiger partial charge in [-0.2, -0.15) is 0 Å². The molecule has 0 aliphatic carbocycles. The molecule has 2 aromatic rings. The van der Waals surface area contributed by atoms with Gasteiger partial charge in [-0.1, -0.05) is 0 Å². The van der Waals surface area contributed by atoms with E-state index in [0.717, 1.165) is 26.8 Å². The molecule has 2 aromatic heterocycles. The van der Waals surface area contributed by atoms with Gasteiger partial charge >= 0.3 is 0 Å². The van der Waals surface area contributed by atoms with Crippen LogP contribution in [-0.2, 0) is 16.6 Å². The van der Waals surface area contributed by atoms with E-state index in [1.165, 1.54) is 11.3 Å². The van der Waals surface area contributed by atoms with Gasteiger partial charge in [-0.15, -0.1) is 22.7 Å². The zero-order chi connectivity index (χ0) is 14.9. The lowest BCUT2D eigenvalue weighted by molar-refractivity contribution is 0.285. The Morgan fingerprint density at radius 3 is 2.60 bits per heavy atom. The topological polar surface area (TPSA) is 79.3 Å². The van der Waals surface area contributed by atoms with Crippen molar-refractivity contribution >= 4 is 32.7 Å². The fourth-order valence-corrected chi connectivity index (χ4v) is 5.22. The molecule has 0 amide bonds. The van der Waals surface area contributed by atoms with E-state index in [-0.39, 0.29) is 16.9 Å². The molecule has 1 atom stereocenters. The highest BCUT2D eigenvalue weighted by molar-refractivity contribution is 7.91. The smallest absolute Gasteiger partial charge is 0.250 e. The number of aromatic nitrogens is 1.